The molecule has 1 fully saturated rings. The molecule has 1 N–H and O–H groups in total. The molecule has 0 bridgehead atoms. The predicted molar refractivity (Wildman–Crippen MR) is 117 cm³/mol. The zero-order valence-electron chi connectivity index (χ0n) is 16.6. The topological polar surface area (TPSA) is 61.9 Å². The van der Waals surface area contributed by atoms with Gasteiger partial charge in [0, 0.05) is 19.3 Å². The number of methoxy groups -OCH3 is 1. The van der Waals surface area contributed by atoms with Crippen molar-refractivity contribution in [3.8, 4) is 5.75 Å². The second-order valence-electron chi connectivity index (χ2n) is 6.96. The normalized spacial score (nSPS) is 16.3. The summed E-state index contributed by atoms with van der Waals surface area (Å²) in [7, 11) is 3.25. The van der Waals surface area contributed by atoms with Crippen LogP contribution in [0.2, 0.25) is 0 Å². The van der Waals surface area contributed by atoms with Crippen molar-refractivity contribution in [2.75, 3.05) is 26.0 Å². The molecule has 1 aliphatic heterocycles. The van der Waals surface area contributed by atoms with E-state index >= 15 is 0 Å². The smallest absolute Gasteiger partial charge is 0.251 e. The lowest BCUT2D eigenvalue weighted by atomic mass is 10.1. The fraction of sp³-hybridized carbons (Fsp3) is 0.318. The molecule has 0 aliphatic carbocycles. The standard InChI is InChI=1S/C22H25N3O3S/c1-24-21(27)19(15-20(26)23-17-10-12-18(28-2)13-11-17)25(22(24)29)14-6-9-16-7-4-3-5-8-16/h3-5,7-8,10-13,19H,6,9,14-15H2,1-2H3,(H,23,26). The van der Waals surface area contributed by atoms with E-state index in [1.807, 2.05) is 23.1 Å². The van der Waals surface area contributed by atoms with Crippen molar-refractivity contribution >= 4 is 34.8 Å². The van der Waals surface area contributed by atoms with Crippen LogP contribution < -0.4 is 10.1 Å². The van der Waals surface area contributed by atoms with Crippen LogP contribution in [0.4, 0.5) is 5.69 Å². The SMILES string of the molecule is COc1ccc(NC(=O)CC2C(=O)N(C)C(=S)N2CCCc2ccccc2)cc1. The van der Waals surface area contributed by atoms with Gasteiger partial charge in [0.2, 0.25) is 5.91 Å². The molecule has 2 aromatic rings. The summed E-state index contributed by atoms with van der Waals surface area (Å²) >= 11 is 5.44. The van der Waals surface area contributed by atoms with Crippen molar-refractivity contribution in [3.63, 3.8) is 0 Å². The Labute approximate surface area is 176 Å². The van der Waals surface area contributed by atoms with Crippen LogP contribution in [0, 0.1) is 0 Å². The number of nitrogens with one attached hydrogen (secondary N) is 1. The van der Waals surface area contributed by atoms with Crippen molar-refractivity contribution in [1.82, 2.24) is 9.80 Å². The molecule has 0 saturated carbocycles. The minimum atomic E-state index is -0.568. The van der Waals surface area contributed by atoms with E-state index in [2.05, 4.69) is 17.4 Å². The molecular weight excluding hydrogens is 386 g/mol. The first kappa shape index (κ1) is 20.8. The molecule has 0 radical (unpaired) electrons. The quantitative estimate of drug-likeness (QED) is 0.677. The maximum atomic E-state index is 12.6. The summed E-state index contributed by atoms with van der Waals surface area (Å²) in [6.07, 6.45) is 1.80. The highest BCUT2D eigenvalue weighted by Crippen LogP contribution is 2.21. The Hall–Kier alpha value is -2.93. The van der Waals surface area contributed by atoms with Gasteiger partial charge < -0.3 is 15.0 Å². The Balaban J connectivity index is 1.60. The third kappa shape index (κ3) is 5.12. The molecule has 1 saturated heterocycles. The summed E-state index contributed by atoms with van der Waals surface area (Å²) in [6, 6.07) is 16.7. The average Bonchev–Trinajstić information content (AvgIpc) is 2.93. The monoisotopic (exact) mass is 411 g/mol. The first-order valence-corrected chi connectivity index (χ1v) is 9.96. The summed E-state index contributed by atoms with van der Waals surface area (Å²) in [5, 5.41) is 3.31. The number of nitrogens with zero attached hydrogens (tertiary/aromatic N) is 2. The Kier molecular flexibility index (Phi) is 6.82. The summed E-state index contributed by atoms with van der Waals surface area (Å²) in [5.74, 6) is 0.352. The number of aryl methyl sites for hydroxylation is 1. The van der Waals surface area contributed by atoms with E-state index < -0.39 is 6.04 Å². The van der Waals surface area contributed by atoms with Gasteiger partial charge in [0.1, 0.15) is 11.8 Å². The summed E-state index contributed by atoms with van der Waals surface area (Å²) in [5.41, 5.74) is 1.90. The van der Waals surface area contributed by atoms with Crippen LogP contribution in [-0.2, 0) is 16.0 Å². The number of ether oxygens (including phenoxy) is 1. The average molecular weight is 412 g/mol. The van der Waals surface area contributed by atoms with Gasteiger partial charge >= 0.3 is 0 Å². The highest BCUT2D eigenvalue weighted by Gasteiger charge is 2.41. The molecule has 2 aromatic carbocycles. The number of rotatable bonds is 8. The molecule has 1 heterocycles. The molecule has 6 nitrogen and oxygen atoms in total. The second-order valence-corrected chi connectivity index (χ2v) is 7.32. The maximum Gasteiger partial charge on any atom is 0.251 e. The summed E-state index contributed by atoms with van der Waals surface area (Å²) < 4.78 is 5.12. The van der Waals surface area contributed by atoms with Crippen LogP contribution in [0.15, 0.2) is 54.6 Å². The molecule has 3 rings (SSSR count). The van der Waals surface area contributed by atoms with E-state index in [0.29, 0.717) is 23.1 Å². The van der Waals surface area contributed by atoms with Gasteiger partial charge in [-0.2, -0.15) is 0 Å². The highest BCUT2D eigenvalue weighted by atomic mass is 32.1. The van der Waals surface area contributed by atoms with Gasteiger partial charge in [-0.3, -0.25) is 14.5 Å². The van der Waals surface area contributed by atoms with E-state index in [4.69, 9.17) is 17.0 Å². The first-order chi connectivity index (χ1) is 14.0. The van der Waals surface area contributed by atoms with Crippen molar-refractivity contribution in [2.45, 2.75) is 25.3 Å². The van der Waals surface area contributed by atoms with E-state index in [1.54, 1.807) is 38.4 Å². The van der Waals surface area contributed by atoms with Gasteiger partial charge in [-0.1, -0.05) is 30.3 Å². The van der Waals surface area contributed by atoms with E-state index in [9.17, 15) is 9.59 Å². The van der Waals surface area contributed by atoms with Crippen LogP contribution in [-0.4, -0.2) is 53.5 Å². The number of carbonyl (C=O) groups excluding carboxylic acids is 2. The van der Waals surface area contributed by atoms with E-state index in [-0.39, 0.29) is 18.2 Å². The third-order valence-corrected chi connectivity index (χ3v) is 5.49. The lowest BCUT2D eigenvalue weighted by Gasteiger charge is -2.23. The second kappa shape index (κ2) is 9.52. The van der Waals surface area contributed by atoms with Crippen LogP contribution in [0.5, 0.6) is 5.75 Å². The van der Waals surface area contributed by atoms with E-state index in [1.165, 1.54) is 10.5 Å². The summed E-state index contributed by atoms with van der Waals surface area (Å²) in [4.78, 5) is 28.5. The van der Waals surface area contributed by atoms with Crippen molar-refractivity contribution in [2.24, 2.45) is 0 Å². The van der Waals surface area contributed by atoms with E-state index in [0.717, 1.165) is 12.8 Å². The van der Waals surface area contributed by atoms with Gasteiger partial charge in [-0.05, 0) is 54.9 Å². The minimum absolute atomic E-state index is 0.0562. The fourth-order valence-electron chi connectivity index (χ4n) is 3.39. The molecule has 1 atom stereocenters. The van der Waals surface area contributed by atoms with Gasteiger partial charge in [-0.25, -0.2) is 0 Å². The van der Waals surface area contributed by atoms with Gasteiger partial charge in [-0.15, -0.1) is 0 Å². The number of thiocarbonyl (C=S) groups is 1. The van der Waals surface area contributed by atoms with Crippen molar-refractivity contribution < 1.29 is 14.3 Å². The van der Waals surface area contributed by atoms with Crippen LogP contribution in [0.3, 0.4) is 0 Å². The maximum absolute atomic E-state index is 12.6. The zero-order valence-corrected chi connectivity index (χ0v) is 17.4. The molecule has 1 aliphatic rings. The van der Waals surface area contributed by atoms with Gasteiger partial charge in [0.25, 0.3) is 5.91 Å². The van der Waals surface area contributed by atoms with Crippen LogP contribution in [0.25, 0.3) is 0 Å². The molecule has 29 heavy (non-hydrogen) atoms. The molecule has 1 unspecified atom stereocenters. The first-order valence-electron chi connectivity index (χ1n) is 9.55. The molecular formula is C22H25N3O3S. The fourth-order valence-corrected chi connectivity index (χ4v) is 3.69. The molecule has 0 spiro atoms. The van der Waals surface area contributed by atoms with Crippen LogP contribution >= 0.6 is 12.2 Å². The summed E-state index contributed by atoms with van der Waals surface area (Å²) in [6.45, 7) is 0.629. The Morgan fingerprint density at radius 1 is 1.14 bits per heavy atom. The number of likely N-dealkylation sites (N-methyl/N-ethyl adjacent to an activating group) is 1. The molecule has 2 amide bonds. The number of benzene rings is 2. The number of amides is 2. The molecule has 152 valence electrons. The minimum Gasteiger partial charge on any atom is -0.497 e. The highest BCUT2D eigenvalue weighted by molar-refractivity contribution is 7.80. The lowest BCUT2D eigenvalue weighted by Crippen LogP contribution is -2.38. The molecule has 0 aromatic heterocycles. The Morgan fingerprint density at radius 3 is 2.48 bits per heavy atom. The Bertz CT molecular complexity index is 871. The van der Waals surface area contributed by atoms with Crippen LogP contribution in [0.1, 0.15) is 18.4 Å². The predicted octanol–water partition coefficient (Wildman–Crippen LogP) is 3.08. The zero-order chi connectivity index (χ0) is 20.8. The number of anilines is 1. The number of hydrogen-bond donors (Lipinski definition) is 1. The number of hydrogen-bond acceptors (Lipinski definition) is 4. The largest absolute Gasteiger partial charge is 0.497 e. The van der Waals surface area contributed by atoms with Gasteiger partial charge in [0.15, 0.2) is 5.11 Å². The molecule has 7 heteroatoms. The van der Waals surface area contributed by atoms with Crippen molar-refractivity contribution in [1.29, 1.82) is 0 Å². The van der Waals surface area contributed by atoms with Gasteiger partial charge in [0.05, 0.1) is 13.5 Å². The number of carbonyl (C=O) groups is 2. The Morgan fingerprint density at radius 2 is 1.83 bits per heavy atom. The third-order valence-electron chi connectivity index (χ3n) is 4.98. The van der Waals surface area contributed by atoms with Crippen molar-refractivity contribution in [3.05, 3.63) is 60.2 Å². The lowest BCUT2D eigenvalue weighted by molar-refractivity contribution is -0.130.